The van der Waals surface area contributed by atoms with Gasteiger partial charge in [0.15, 0.2) is 11.4 Å². The molecule has 16 heteroatoms. The highest BCUT2D eigenvalue weighted by atomic mass is 32.2. The second-order valence-electron chi connectivity index (χ2n) is 9.78. The van der Waals surface area contributed by atoms with Gasteiger partial charge in [-0.05, 0) is 44.0 Å². The van der Waals surface area contributed by atoms with Gasteiger partial charge in [-0.15, -0.1) is 0 Å². The number of nitrogens with one attached hydrogen (secondary N) is 3. The van der Waals surface area contributed by atoms with Crippen molar-refractivity contribution < 1.29 is 45.1 Å². The number of sulfonamides is 1. The standard InChI is InChI=1S/C24H27F4N5O6S/c1-12-8-15(4-5-16(12)25)30-21(34)19-20-18(10-32(19)3)40(37,38)31-17-6-7-33(9-14(17)11-39-20)23(36)22(35)29-13(2)24(26,27)28/h4-5,8,10,13-14,17,31H,6-7,9,11H2,1-3H3,(H,29,35)(H,30,34)/t13-,14?,17?/m1/s1. The first-order chi connectivity index (χ1) is 18.6. The van der Waals surface area contributed by atoms with Crippen LogP contribution in [0.5, 0.6) is 5.75 Å². The number of ether oxygens (including phenoxy) is 1. The fourth-order valence-corrected chi connectivity index (χ4v) is 6.09. The molecule has 3 N–H and O–H groups in total. The molecule has 11 nitrogen and oxygen atoms in total. The summed E-state index contributed by atoms with van der Waals surface area (Å²) in [4.78, 5) is 38.6. The minimum Gasteiger partial charge on any atom is -0.489 e. The molecule has 2 aliphatic heterocycles. The fourth-order valence-electron chi connectivity index (χ4n) is 4.56. The maximum atomic E-state index is 13.6. The zero-order chi connectivity index (χ0) is 29.6. The number of hydrogen-bond acceptors (Lipinski definition) is 6. The van der Waals surface area contributed by atoms with E-state index in [0.29, 0.717) is 6.92 Å². The van der Waals surface area contributed by atoms with Crippen LogP contribution in [0.3, 0.4) is 0 Å². The average molecular weight is 590 g/mol. The van der Waals surface area contributed by atoms with Crippen LogP contribution in [-0.4, -0.2) is 73.6 Å². The molecule has 3 amide bonds. The van der Waals surface area contributed by atoms with Gasteiger partial charge in [0.25, 0.3) is 5.91 Å². The molecule has 0 spiro atoms. The van der Waals surface area contributed by atoms with Crippen LogP contribution in [0.15, 0.2) is 29.3 Å². The molecule has 0 saturated carbocycles. The summed E-state index contributed by atoms with van der Waals surface area (Å²) in [6.45, 7) is 1.78. The zero-order valence-electron chi connectivity index (χ0n) is 21.6. The summed E-state index contributed by atoms with van der Waals surface area (Å²) in [5.41, 5.74) is 0.419. The van der Waals surface area contributed by atoms with Gasteiger partial charge >= 0.3 is 18.0 Å². The SMILES string of the molecule is Cc1cc(NC(=O)c2c3c(cn2C)S(=O)(=O)NC2CCN(C(=O)C(=O)N[C@H](C)C(F)(F)F)CC2CO3)ccc1F. The van der Waals surface area contributed by atoms with Crippen LogP contribution in [-0.2, 0) is 26.7 Å². The highest BCUT2D eigenvalue weighted by Gasteiger charge is 2.42. The molecule has 0 aliphatic carbocycles. The van der Waals surface area contributed by atoms with Crippen molar-refractivity contribution in [2.75, 3.05) is 25.0 Å². The number of rotatable bonds is 3. The number of alkyl halides is 3. The van der Waals surface area contributed by atoms with E-state index in [1.165, 1.54) is 42.9 Å². The molecule has 2 aromatic rings. The summed E-state index contributed by atoms with van der Waals surface area (Å²) in [7, 11) is -2.77. The van der Waals surface area contributed by atoms with Crippen molar-refractivity contribution in [2.24, 2.45) is 13.0 Å². The van der Waals surface area contributed by atoms with Crippen molar-refractivity contribution in [1.29, 1.82) is 0 Å². The lowest BCUT2D eigenvalue weighted by Gasteiger charge is -2.39. The molecule has 1 saturated heterocycles. The number of benzene rings is 1. The number of halogens is 4. The predicted octanol–water partition coefficient (Wildman–Crippen LogP) is 1.68. The highest BCUT2D eigenvalue weighted by Crippen LogP contribution is 2.35. The number of hydrogen-bond donors (Lipinski definition) is 3. The van der Waals surface area contributed by atoms with Crippen molar-refractivity contribution in [2.45, 2.75) is 43.4 Å². The summed E-state index contributed by atoms with van der Waals surface area (Å²) < 4.78 is 88.1. The van der Waals surface area contributed by atoms with Crippen molar-refractivity contribution in [1.82, 2.24) is 19.5 Å². The third kappa shape index (κ3) is 5.91. The molecule has 2 unspecified atom stereocenters. The van der Waals surface area contributed by atoms with E-state index < -0.39 is 57.7 Å². The fraction of sp³-hybridized carbons (Fsp3) is 0.458. The molecule has 40 heavy (non-hydrogen) atoms. The van der Waals surface area contributed by atoms with Crippen molar-refractivity contribution >= 4 is 33.4 Å². The van der Waals surface area contributed by atoms with Gasteiger partial charge in [0.2, 0.25) is 10.0 Å². The Morgan fingerprint density at radius 1 is 1.23 bits per heavy atom. The van der Waals surface area contributed by atoms with E-state index in [9.17, 15) is 40.4 Å². The van der Waals surface area contributed by atoms with Crippen LogP contribution < -0.4 is 20.1 Å². The monoisotopic (exact) mass is 589 g/mol. The first-order valence-electron chi connectivity index (χ1n) is 12.2. The van der Waals surface area contributed by atoms with Gasteiger partial charge < -0.3 is 24.8 Å². The van der Waals surface area contributed by atoms with Gasteiger partial charge in [-0.3, -0.25) is 14.4 Å². The predicted molar refractivity (Wildman–Crippen MR) is 132 cm³/mol. The maximum absolute atomic E-state index is 13.6. The molecule has 3 heterocycles. The Labute approximate surface area is 226 Å². The number of fused-ring (bicyclic) bond motifs is 2. The van der Waals surface area contributed by atoms with E-state index in [0.717, 1.165) is 4.90 Å². The quantitative estimate of drug-likeness (QED) is 0.368. The Morgan fingerprint density at radius 3 is 2.58 bits per heavy atom. The molecule has 0 bridgehead atoms. The lowest BCUT2D eigenvalue weighted by molar-refractivity contribution is -0.162. The van der Waals surface area contributed by atoms with Gasteiger partial charge in [0, 0.05) is 44.0 Å². The molecule has 4 rings (SSSR count). The summed E-state index contributed by atoms with van der Waals surface area (Å²) >= 11 is 0. The molecular weight excluding hydrogens is 562 g/mol. The average Bonchev–Trinajstić information content (AvgIpc) is 3.20. The normalized spacial score (nSPS) is 21.1. The van der Waals surface area contributed by atoms with E-state index >= 15 is 0 Å². The number of aryl methyl sites for hydroxylation is 2. The molecule has 2 aliphatic rings. The Morgan fingerprint density at radius 2 is 1.93 bits per heavy atom. The second-order valence-corrected chi connectivity index (χ2v) is 11.5. The van der Waals surface area contributed by atoms with Crippen molar-refractivity contribution in [3.8, 4) is 5.75 Å². The Hall–Kier alpha value is -3.66. The lowest BCUT2D eigenvalue weighted by atomic mass is 9.93. The summed E-state index contributed by atoms with van der Waals surface area (Å²) in [5, 5.41) is 4.21. The number of aromatic nitrogens is 1. The molecule has 3 atom stereocenters. The number of nitrogens with zero attached hydrogens (tertiary/aromatic N) is 2. The molecule has 1 aromatic heterocycles. The van der Waals surface area contributed by atoms with Crippen LogP contribution >= 0.6 is 0 Å². The van der Waals surface area contributed by atoms with Gasteiger partial charge in [0.05, 0.1) is 6.61 Å². The summed E-state index contributed by atoms with van der Waals surface area (Å²) in [5.74, 6) is -4.75. The molecular formula is C24H27F4N5O6S. The number of anilines is 1. The van der Waals surface area contributed by atoms with E-state index in [1.807, 2.05) is 0 Å². The number of piperidine rings is 1. The Kier molecular flexibility index (Phi) is 7.86. The van der Waals surface area contributed by atoms with Gasteiger partial charge in [-0.25, -0.2) is 17.5 Å². The third-order valence-electron chi connectivity index (χ3n) is 6.83. The molecule has 0 radical (unpaired) electrons. The second kappa shape index (κ2) is 10.7. The zero-order valence-corrected chi connectivity index (χ0v) is 22.5. The van der Waals surface area contributed by atoms with Gasteiger partial charge in [-0.2, -0.15) is 13.2 Å². The van der Waals surface area contributed by atoms with Crippen molar-refractivity contribution in [3.05, 3.63) is 41.5 Å². The van der Waals surface area contributed by atoms with Crippen LogP contribution in [0.4, 0.5) is 23.2 Å². The summed E-state index contributed by atoms with van der Waals surface area (Å²) in [6, 6.07) is 0.974. The van der Waals surface area contributed by atoms with Crippen LogP contribution in [0.1, 0.15) is 29.4 Å². The summed E-state index contributed by atoms with van der Waals surface area (Å²) in [6.07, 6.45) is -3.45. The Balaban J connectivity index is 1.54. The largest absolute Gasteiger partial charge is 0.489 e. The number of likely N-dealkylation sites (tertiary alicyclic amines) is 1. The Bertz CT molecular complexity index is 1460. The maximum Gasteiger partial charge on any atom is 0.408 e. The third-order valence-corrected chi connectivity index (χ3v) is 8.31. The number of amides is 3. The number of carbonyl (C=O) groups excluding carboxylic acids is 3. The molecule has 218 valence electrons. The van der Waals surface area contributed by atoms with Crippen LogP contribution in [0.25, 0.3) is 0 Å². The first-order valence-corrected chi connectivity index (χ1v) is 13.6. The van der Waals surface area contributed by atoms with E-state index in [-0.39, 0.29) is 53.7 Å². The molecule has 1 fully saturated rings. The first kappa shape index (κ1) is 29.3. The minimum absolute atomic E-state index is 0.0700. The van der Waals surface area contributed by atoms with Gasteiger partial charge in [-0.1, -0.05) is 0 Å². The topological polar surface area (TPSA) is 139 Å². The van der Waals surface area contributed by atoms with E-state index in [2.05, 4.69) is 10.0 Å². The van der Waals surface area contributed by atoms with E-state index in [4.69, 9.17) is 4.74 Å². The van der Waals surface area contributed by atoms with Crippen LogP contribution in [0, 0.1) is 18.7 Å². The highest BCUT2D eigenvalue weighted by molar-refractivity contribution is 7.89. The van der Waals surface area contributed by atoms with Crippen molar-refractivity contribution in [3.63, 3.8) is 0 Å². The van der Waals surface area contributed by atoms with Crippen LogP contribution in [0.2, 0.25) is 0 Å². The van der Waals surface area contributed by atoms with Gasteiger partial charge in [0.1, 0.15) is 16.8 Å². The lowest BCUT2D eigenvalue weighted by Crippen LogP contribution is -2.57. The smallest absolute Gasteiger partial charge is 0.408 e. The minimum atomic E-state index is -4.73. The molecule has 1 aromatic carbocycles. The number of carbonyl (C=O) groups is 3. The van der Waals surface area contributed by atoms with E-state index in [1.54, 1.807) is 5.32 Å².